The summed E-state index contributed by atoms with van der Waals surface area (Å²) >= 11 is 0. The van der Waals surface area contributed by atoms with E-state index in [2.05, 4.69) is 53.6 Å². The Bertz CT molecular complexity index is 3350. The summed E-state index contributed by atoms with van der Waals surface area (Å²) in [5.41, 5.74) is 3.98. The molecule has 1 unspecified atom stereocenters. The summed E-state index contributed by atoms with van der Waals surface area (Å²) in [6, 6.07) is 23.2. The summed E-state index contributed by atoms with van der Waals surface area (Å²) in [4.78, 5) is 80.8. The number of fused-ring (bicyclic) bond motifs is 2. The molecule has 0 saturated carbocycles. The van der Waals surface area contributed by atoms with Gasteiger partial charge in [-0.25, -0.2) is 23.5 Å². The molecule has 0 spiro atoms. The molecule has 0 bridgehead atoms. The number of anilines is 1. The van der Waals surface area contributed by atoms with Gasteiger partial charge in [0.25, 0.3) is 5.91 Å². The molecule has 0 saturated heterocycles. The molecule has 0 fully saturated rings. The first-order chi connectivity index (χ1) is 42.6. The molecule has 3 heterocycles. The average molecular weight is 1220 g/mol. The fourth-order valence-electron chi connectivity index (χ4n) is 11.1. The number of ether oxygens (including phenoxy) is 3. The first-order valence-corrected chi connectivity index (χ1v) is 31.2. The zero-order valence-electron chi connectivity index (χ0n) is 52.7. The summed E-state index contributed by atoms with van der Waals surface area (Å²) in [6.45, 7) is 14.9. The van der Waals surface area contributed by atoms with Gasteiger partial charge in [-0.1, -0.05) is 95.3 Å². The van der Waals surface area contributed by atoms with Crippen LogP contribution in [0.5, 0.6) is 5.75 Å². The molecule has 2 aromatic heterocycles. The van der Waals surface area contributed by atoms with Gasteiger partial charge < -0.3 is 44.9 Å². The van der Waals surface area contributed by atoms with E-state index in [9.17, 15) is 28.0 Å². The second-order valence-corrected chi connectivity index (χ2v) is 25.1. The van der Waals surface area contributed by atoms with E-state index in [0.717, 1.165) is 93.0 Å². The highest BCUT2D eigenvalue weighted by molar-refractivity contribution is 5.96. The molecule has 5 amide bonds. The molecule has 89 heavy (non-hydrogen) atoms. The number of hydrogen-bond acceptors (Lipinski definition) is 13. The van der Waals surface area contributed by atoms with E-state index in [-0.39, 0.29) is 37.0 Å². The molecule has 2 aliphatic rings. The maximum atomic E-state index is 15.1. The number of unbranched alkanes of at least 4 members (excludes halogenated alkanes) is 6. The summed E-state index contributed by atoms with van der Waals surface area (Å²) in [6.07, 6.45) is 13.3. The number of carbonyl (C=O) groups excluding carboxylic acids is 5. The number of aryl methyl sites for hydroxylation is 1. The third-order valence-electron chi connectivity index (χ3n) is 16.2. The van der Waals surface area contributed by atoms with Crippen molar-refractivity contribution in [2.24, 2.45) is 5.41 Å². The molecule has 21 heteroatoms. The first-order valence-electron chi connectivity index (χ1n) is 31.2. The van der Waals surface area contributed by atoms with Gasteiger partial charge in [0.05, 0.1) is 19.2 Å². The van der Waals surface area contributed by atoms with Crippen LogP contribution in [-0.2, 0) is 62.9 Å². The SMILES string of the molecule is C[C@@H](C(=O)N[C@H](C(=O)N1Cc2cc(OCCCCCCCCCOCCCn3c(CNc4cccc(C(=O)NCc5c(F)cccc5F)c4)nnc3-c3ccncn3)ccc2CC1C(=O)N[C@@H]1CCCc2ccccc21)C(C)(C)C)N(C)C(=O)OC(C)(C)C. The molecule has 1 aliphatic carbocycles. The Balaban J connectivity index is 0.773. The maximum absolute atomic E-state index is 15.1. The van der Waals surface area contributed by atoms with E-state index in [1.165, 1.54) is 29.9 Å². The molecule has 476 valence electrons. The van der Waals surface area contributed by atoms with Gasteiger partial charge in [-0.3, -0.25) is 24.1 Å². The van der Waals surface area contributed by atoms with E-state index in [1.807, 2.05) is 61.7 Å². The Kier molecular flexibility index (Phi) is 23.4. The van der Waals surface area contributed by atoms with Gasteiger partial charge in [-0.15, -0.1) is 10.2 Å². The minimum atomic E-state index is -1.03. The highest BCUT2D eigenvalue weighted by Crippen LogP contribution is 2.34. The first kappa shape index (κ1) is 66.6. The quantitative estimate of drug-likeness (QED) is 0.0336. The lowest BCUT2D eigenvalue weighted by atomic mass is 9.83. The topological polar surface area (TPSA) is 224 Å². The maximum Gasteiger partial charge on any atom is 0.410 e. The normalized spacial score (nSPS) is 15.4. The minimum Gasteiger partial charge on any atom is -0.494 e. The lowest BCUT2D eigenvalue weighted by Gasteiger charge is -2.42. The number of nitrogens with zero attached hydrogens (tertiary/aromatic N) is 7. The van der Waals surface area contributed by atoms with Crippen LogP contribution in [0.25, 0.3) is 11.5 Å². The Labute approximate surface area is 521 Å². The highest BCUT2D eigenvalue weighted by atomic mass is 19.1. The van der Waals surface area contributed by atoms with Crippen molar-refractivity contribution in [1.29, 1.82) is 0 Å². The number of likely N-dealkylation sites (N-methyl/N-ethyl adjacent to an activating group) is 1. The van der Waals surface area contributed by atoms with Crippen molar-refractivity contribution >= 4 is 35.4 Å². The number of aromatic nitrogens is 5. The predicted octanol–water partition coefficient (Wildman–Crippen LogP) is 11.0. The van der Waals surface area contributed by atoms with E-state index in [0.29, 0.717) is 73.7 Å². The molecular formula is C68H87F2N11O8. The molecule has 6 aromatic rings. The van der Waals surface area contributed by atoms with Crippen LogP contribution in [-0.4, -0.2) is 115 Å². The summed E-state index contributed by atoms with van der Waals surface area (Å²) in [5, 5.41) is 21.1. The van der Waals surface area contributed by atoms with Gasteiger partial charge in [0.15, 0.2) is 11.6 Å². The van der Waals surface area contributed by atoms with Crippen molar-refractivity contribution in [2.75, 3.05) is 32.2 Å². The van der Waals surface area contributed by atoms with Gasteiger partial charge in [0.1, 0.15) is 53.1 Å². The van der Waals surface area contributed by atoms with E-state index in [4.69, 9.17) is 14.2 Å². The number of carbonyl (C=O) groups is 5. The number of nitrogens with one attached hydrogen (secondary N) is 4. The largest absolute Gasteiger partial charge is 0.494 e. The van der Waals surface area contributed by atoms with Crippen LogP contribution < -0.4 is 26.0 Å². The highest BCUT2D eigenvalue weighted by Gasteiger charge is 2.44. The molecule has 1 aliphatic heterocycles. The zero-order chi connectivity index (χ0) is 63.7. The van der Waals surface area contributed by atoms with Crippen LogP contribution >= 0.6 is 0 Å². The Morgan fingerprint density at radius 1 is 0.775 bits per heavy atom. The second kappa shape index (κ2) is 31.2. The molecule has 4 atom stereocenters. The number of rotatable bonds is 28. The van der Waals surface area contributed by atoms with Crippen molar-refractivity contribution in [3.8, 4) is 17.3 Å². The number of amides is 5. The van der Waals surface area contributed by atoms with Crippen molar-refractivity contribution < 1.29 is 47.0 Å². The number of hydrogen-bond donors (Lipinski definition) is 4. The van der Waals surface area contributed by atoms with Crippen LogP contribution in [0.3, 0.4) is 0 Å². The predicted molar refractivity (Wildman–Crippen MR) is 335 cm³/mol. The third-order valence-corrected chi connectivity index (χ3v) is 16.2. The van der Waals surface area contributed by atoms with E-state index in [1.54, 1.807) is 63.1 Å². The number of benzene rings is 4. The monoisotopic (exact) mass is 1220 g/mol. The van der Waals surface area contributed by atoms with E-state index < -0.39 is 64.6 Å². The Morgan fingerprint density at radius 2 is 1.49 bits per heavy atom. The zero-order valence-corrected chi connectivity index (χ0v) is 52.7. The van der Waals surface area contributed by atoms with Gasteiger partial charge in [-0.2, -0.15) is 0 Å². The second-order valence-electron chi connectivity index (χ2n) is 25.1. The fourth-order valence-corrected chi connectivity index (χ4v) is 11.1. The van der Waals surface area contributed by atoms with Gasteiger partial charge in [0, 0.05) is 69.3 Å². The Hall–Kier alpha value is -8.33. The summed E-state index contributed by atoms with van der Waals surface area (Å²) in [5.74, 6) is -1.15. The van der Waals surface area contributed by atoms with Crippen molar-refractivity contribution in [3.05, 3.63) is 154 Å². The summed E-state index contributed by atoms with van der Waals surface area (Å²) < 4.78 is 48.2. The van der Waals surface area contributed by atoms with Crippen LogP contribution in [0.15, 0.2) is 104 Å². The average Bonchev–Trinajstić information content (AvgIpc) is 1.53. The summed E-state index contributed by atoms with van der Waals surface area (Å²) in [7, 11) is 1.49. The third kappa shape index (κ3) is 18.6. The molecule has 4 N–H and O–H groups in total. The smallest absolute Gasteiger partial charge is 0.410 e. The van der Waals surface area contributed by atoms with Gasteiger partial charge >= 0.3 is 6.09 Å². The van der Waals surface area contributed by atoms with Crippen molar-refractivity contribution in [3.63, 3.8) is 0 Å². The molecule has 19 nitrogen and oxygen atoms in total. The van der Waals surface area contributed by atoms with Crippen LogP contribution in [0.2, 0.25) is 0 Å². The molecule has 4 aromatic carbocycles. The lowest BCUT2D eigenvalue weighted by molar-refractivity contribution is -0.147. The fraction of sp³-hybridized carbons (Fsp3) is 0.485. The van der Waals surface area contributed by atoms with E-state index >= 15 is 4.79 Å². The van der Waals surface area contributed by atoms with Crippen LogP contribution in [0.1, 0.15) is 163 Å². The standard InChI is InChI=1S/C68H87F2N11O8/c1-45(79(8)66(86)89-68(5,6)7)62(82)76-60(67(2,3)4)65(85)81-43-49-39-51(31-30-47(49)40-58(81)64(84)75-56-29-19-23-46-22-14-15-26-52(46)56)88-37-17-13-11-9-10-12-16-35-87-36-21-34-80-59(77-78-61(80)57-32-33-71-44-74-57)42-72-50-25-18-24-48(38-50)63(83)73-41-53-54(69)27-20-28-55(53)70/h14-15,18,20,22,24-28,30-33,38-39,44-45,56,58,60,72H,9-13,16-17,19,21,23,29,34-37,40-43H2,1-8H3,(H,73,83)(H,75,84)(H,76,82)/t45-,56+,58?,60+/m0/s1. The molecule has 0 radical (unpaired) electrons. The molecule has 8 rings (SSSR count). The van der Waals surface area contributed by atoms with Gasteiger partial charge in [-0.05, 0) is 142 Å². The Morgan fingerprint density at radius 3 is 2.22 bits per heavy atom. The van der Waals surface area contributed by atoms with Crippen molar-refractivity contribution in [2.45, 2.75) is 181 Å². The van der Waals surface area contributed by atoms with Crippen molar-refractivity contribution in [1.82, 2.24) is 50.5 Å². The molecular weight excluding hydrogens is 1140 g/mol. The minimum absolute atomic E-state index is 0.137. The number of halogens is 2. The lowest BCUT2D eigenvalue weighted by Crippen LogP contribution is -2.62. The van der Waals surface area contributed by atoms with Crippen LogP contribution in [0, 0.1) is 17.0 Å². The van der Waals surface area contributed by atoms with Gasteiger partial charge in [0.2, 0.25) is 17.7 Å². The van der Waals surface area contributed by atoms with Crippen LogP contribution in [0.4, 0.5) is 19.3 Å².